The first-order valence-corrected chi connectivity index (χ1v) is 6.60. The molecular formula is C12H16Cl3N5O. The van der Waals surface area contributed by atoms with Crippen molar-refractivity contribution in [2.75, 3.05) is 6.73 Å². The molecule has 0 radical (unpaired) electrons. The molecule has 0 spiro atoms. The van der Waals surface area contributed by atoms with Gasteiger partial charge in [0, 0.05) is 6.07 Å². The first kappa shape index (κ1) is 17.7. The van der Waals surface area contributed by atoms with Gasteiger partial charge in [0.25, 0.3) is 0 Å². The highest BCUT2D eigenvalue weighted by atomic mass is 35.5. The maximum atomic E-state index is 5.93. The fourth-order valence-corrected chi connectivity index (χ4v) is 2.04. The number of nitrogens with two attached hydrogens (primary N) is 2. The van der Waals surface area contributed by atoms with Crippen LogP contribution in [0.1, 0.15) is 13.8 Å². The van der Waals surface area contributed by atoms with Gasteiger partial charge in [-0.05, 0) is 26.0 Å². The zero-order valence-corrected chi connectivity index (χ0v) is 13.8. The fraction of sp³-hybridized carbons (Fsp3) is 0.333. The highest BCUT2D eigenvalue weighted by molar-refractivity contribution is 6.42. The van der Waals surface area contributed by atoms with Crippen LogP contribution in [0.5, 0.6) is 5.75 Å². The van der Waals surface area contributed by atoms with Crippen molar-refractivity contribution in [3.05, 3.63) is 28.2 Å². The van der Waals surface area contributed by atoms with E-state index >= 15 is 0 Å². The predicted molar refractivity (Wildman–Crippen MR) is 88.4 cm³/mol. The molecule has 0 amide bonds. The summed E-state index contributed by atoms with van der Waals surface area (Å²) in [6, 6.07) is 5.01. The summed E-state index contributed by atoms with van der Waals surface area (Å²) in [6.45, 7) is 3.89. The summed E-state index contributed by atoms with van der Waals surface area (Å²) in [7, 11) is 0. The summed E-state index contributed by atoms with van der Waals surface area (Å²) in [5, 5.41) is 0.891. The molecule has 2 rings (SSSR count). The first-order chi connectivity index (χ1) is 9.29. The van der Waals surface area contributed by atoms with E-state index in [-0.39, 0.29) is 31.1 Å². The van der Waals surface area contributed by atoms with Gasteiger partial charge in [0.1, 0.15) is 11.4 Å². The zero-order valence-electron chi connectivity index (χ0n) is 11.5. The molecule has 9 heteroatoms. The van der Waals surface area contributed by atoms with Crippen molar-refractivity contribution in [2.45, 2.75) is 19.5 Å². The van der Waals surface area contributed by atoms with Crippen molar-refractivity contribution < 1.29 is 4.74 Å². The molecule has 0 aromatic heterocycles. The molecule has 4 N–H and O–H groups in total. The summed E-state index contributed by atoms with van der Waals surface area (Å²) < 4.78 is 5.63. The third kappa shape index (κ3) is 4.06. The molecule has 21 heavy (non-hydrogen) atoms. The van der Waals surface area contributed by atoms with Crippen molar-refractivity contribution in [1.82, 2.24) is 4.90 Å². The summed E-state index contributed by atoms with van der Waals surface area (Å²) in [4.78, 5) is 9.83. The Hall–Kier alpha value is -1.37. The van der Waals surface area contributed by atoms with Crippen LogP contribution in [0.2, 0.25) is 10.0 Å². The van der Waals surface area contributed by atoms with Gasteiger partial charge in [-0.2, -0.15) is 4.99 Å². The molecule has 0 aliphatic carbocycles. The molecule has 0 bridgehead atoms. The standard InChI is InChI=1S/C12H15Cl2N5O.ClH/c1-12(2)18-10(15)17-11(16)19(12)6-20-7-3-4-8(13)9(14)5-7;/h3-5H,6H2,1-2H3,(H4,15,16,17,18);1H. The molecule has 0 saturated heterocycles. The van der Waals surface area contributed by atoms with Gasteiger partial charge in [-0.3, -0.25) is 4.90 Å². The quantitative estimate of drug-likeness (QED) is 0.874. The van der Waals surface area contributed by atoms with E-state index in [0.29, 0.717) is 15.8 Å². The Morgan fingerprint density at radius 3 is 2.48 bits per heavy atom. The number of nitrogens with zero attached hydrogens (tertiary/aromatic N) is 3. The molecule has 0 fully saturated rings. The summed E-state index contributed by atoms with van der Waals surface area (Å²) in [5.41, 5.74) is 10.8. The summed E-state index contributed by atoms with van der Waals surface area (Å²) >= 11 is 11.8. The van der Waals surface area contributed by atoms with Crippen molar-refractivity contribution in [3.63, 3.8) is 0 Å². The number of rotatable bonds is 3. The summed E-state index contributed by atoms with van der Waals surface area (Å²) in [6.07, 6.45) is 0. The number of hydrogen-bond acceptors (Lipinski definition) is 6. The fourth-order valence-electron chi connectivity index (χ4n) is 1.75. The molecule has 6 nitrogen and oxygen atoms in total. The Bertz CT molecular complexity index is 588. The smallest absolute Gasteiger partial charge is 0.220 e. The van der Waals surface area contributed by atoms with E-state index in [1.54, 1.807) is 23.1 Å². The average molecular weight is 353 g/mol. The highest BCUT2D eigenvalue weighted by Gasteiger charge is 2.32. The van der Waals surface area contributed by atoms with Crippen LogP contribution >= 0.6 is 35.6 Å². The minimum absolute atomic E-state index is 0. The lowest BCUT2D eigenvalue weighted by Crippen LogP contribution is -2.55. The third-order valence-electron chi connectivity index (χ3n) is 2.81. The number of hydrogen-bond donors (Lipinski definition) is 2. The van der Waals surface area contributed by atoms with E-state index in [2.05, 4.69) is 9.98 Å². The maximum Gasteiger partial charge on any atom is 0.220 e. The van der Waals surface area contributed by atoms with Crippen molar-refractivity contribution >= 4 is 47.5 Å². The van der Waals surface area contributed by atoms with Gasteiger partial charge < -0.3 is 16.2 Å². The number of ether oxygens (including phenoxy) is 1. The van der Waals surface area contributed by atoms with Crippen molar-refractivity contribution in [2.24, 2.45) is 21.5 Å². The van der Waals surface area contributed by atoms with Gasteiger partial charge in [-0.1, -0.05) is 23.2 Å². The average Bonchev–Trinajstić information content (AvgIpc) is 2.31. The summed E-state index contributed by atoms with van der Waals surface area (Å²) in [5.74, 6) is 0.978. The molecule has 1 aliphatic heterocycles. The molecule has 1 heterocycles. The Morgan fingerprint density at radius 2 is 1.90 bits per heavy atom. The molecule has 0 unspecified atom stereocenters. The van der Waals surface area contributed by atoms with Crippen molar-refractivity contribution in [1.29, 1.82) is 0 Å². The molecule has 0 saturated carbocycles. The molecule has 1 aromatic rings. The van der Waals surface area contributed by atoms with E-state index in [4.69, 9.17) is 39.4 Å². The second kappa shape index (κ2) is 6.60. The van der Waals surface area contributed by atoms with Crippen LogP contribution in [0.4, 0.5) is 0 Å². The van der Waals surface area contributed by atoms with Crippen LogP contribution < -0.4 is 16.2 Å². The molecule has 116 valence electrons. The lowest BCUT2D eigenvalue weighted by molar-refractivity contribution is 0.107. The zero-order chi connectivity index (χ0) is 14.9. The molecule has 1 aromatic carbocycles. The Labute approximate surface area is 139 Å². The SMILES string of the molecule is CC1(C)N=C(N)N=C(N)N1COc1ccc(Cl)c(Cl)c1.Cl. The van der Waals surface area contributed by atoms with Crippen LogP contribution in [0.25, 0.3) is 0 Å². The van der Waals surface area contributed by atoms with Crippen LogP contribution in [0.3, 0.4) is 0 Å². The van der Waals surface area contributed by atoms with E-state index in [9.17, 15) is 0 Å². The topological polar surface area (TPSA) is 89.2 Å². The Balaban J connectivity index is 0.00000220. The maximum absolute atomic E-state index is 5.93. The van der Waals surface area contributed by atoms with Gasteiger partial charge in [0.15, 0.2) is 6.73 Å². The van der Waals surface area contributed by atoms with E-state index < -0.39 is 5.66 Å². The van der Waals surface area contributed by atoms with Gasteiger partial charge in [-0.25, -0.2) is 4.99 Å². The number of aliphatic imine (C=N–C) groups is 2. The largest absolute Gasteiger partial charge is 0.473 e. The monoisotopic (exact) mass is 351 g/mol. The second-order valence-corrected chi connectivity index (χ2v) is 5.53. The molecule has 1 aliphatic rings. The van der Waals surface area contributed by atoms with Gasteiger partial charge in [-0.15, -0.1) is 12.4 Å². The van der Waals surface area contributed by atoms with Crippen LogP contribution in [0, 0.1) is 0 Å². The van der Waals surface area contributed by atoms with E-state index in [1.165, 1.54) is 0 Å². The minimum atomic E-state index is -0.633. The van der Waals surface area contributed by atoms with E-state index in [1.807, 2.05) is 13.8 Å². The molecular weight excluding hydrogens is 337 g/mol. The van der Waals surface area contributed by atoms with Gasteiger partial charge >= 0.3 is 0 Å². The lowest BCUT2D eigenvalue weighted by atomic mass is 10.2. The minimum Gasteiger partial charge on any atom is -0.473 e. The van der Waals surface area contributed by atoms with Crippen LogP contribution in [-0.4, -0.2) is 29.2 Å². The Kier molecular flexibility index (Phi) is 5.55. The normalized spacial score (nSPS) is 16.7. The highest BCUT2D eigenvalue weighted by Crippen LogP contribution is 2.27. The molecule has 0 atom stereocenters. The Morgan fingerprint density at radius 1 is 1.24 bits per heavy atom. The predicted octanol–water partition coefficient (Wildman–Crippen LogP) is 2.43. The third-order valence-corrected chi connectivity index (χ3v) is 3.54. The van der Waals surface area contributed by atoms with Gasteiger partial charge in [0.05, 0.1) is 10.0 Å². The first-order valence-electron chi connectivity index (χ1n) is 5.84. The second-order valence-electron chi connectivity index (χ2n) is 4.71. The van der Waals surface area contributed by atoms with Crippen molar-refractivity contribution in [3.8, 4) is 5.75 Å². The van der Waals surface area contributed by atoms with Crippen LogP contribution in [0.15, 0.2) is 28.2 Å². The lowest BCUT2D eigenvalue weighted by Gasteiger charge is -2.37. The number of benzene rings is 1. The number of guanidine groups is 2. The number of halogens is 3. The van der Waals surface area contributed by atoms with E-state index in [0.717, 1.165) is 0 Å². The van der Waals surface area contributed by atoms with Crippen LogP contribution in [-0.2, 0) is 0 Å². The van der Waals surface area contributed by atoms with Gasteiger partial charge in [0.2, 0.25) is 11.9 Å².